The summed E-state index contributed by atoms with van der Waals surface area (Å²) < 4.78 is 10.5. The van der Waals surface area contributed by atoms with E-state index in [0.717, 1.165) is 0 Å². The number of amides is 2. The summed E-state index contributed by atoms with van der Waals surface area (Å²) in [6.07, 6.45) is 1.53. The quantitative estimate of drug-likeness (QED) is 0.489. The molecule has 138 valence electrons. The topological polar surface area (TPSA) is 67.9 Å². The molecule has 2 aromatic rings. The Bertz CT molecular complexity index is 905. The van der Waals surface area contributed by atoms with Gasteiger partial charge in [-0.05, 0) is 67.2 Å². The molecule has 0 radical (unpaired) electrons. The first kappa shape index (κ1) is 18.6. The van der Waals surface area contributed by atoms with Crippen LogP contribution in [-0.4, -0.2) is 30.6 Å². The number of ether oxygens (including phenoxy) is 2. The molecule has 0 spiro atoms. The Morgan fingerprint density at radius 1 is 1.04 bits per heavy atom. The maximum absolute atomic E-state index is 12.9. The van der Waals surface area contributed by atoms with Crippen molar-refractivity contribution in [3.63, 3.8) is 0 Å². The first-order valence-corrected chi connectivity index (χ1v) is 8.72. The Labute approximate surface area is 162 Å². The van der Waals surface area contributed by atoms with Crippen LogP contribution >= 0.6 is 12.2 Å². The fraction of sp³-hybridized carbons (Fsp3) is 0.150. The Hall–Kier alpha value is -3.19. The van der Waals surface area contributed by atoms with Crippen molar-refractivity contribution in [2.75, 3.05) is 18.6 Å². The molecule has 1 heterocycles. The number of benzene rings is 2. The van der Waals surface area contributed by atoms with Crippen LogP contribution in [0.4, 0.5) is 5.69 Å². The number of thiocarbonyl (C=S) groups is 1. The van der Waals surface area contributed by atoms with Gasteiger partial charge in [0.15, 0.2) is 5.11 Å². The maximum atomic E-state index is 12.9. The van der Waals surface area contributed by atoms with Gasteiger partial charge in [0.25, 0.3) is 11.8 Å². The summed E-state index contributed by atoms with van der Waals surface area (Å²) in [7, 11) is 1.57. The summed E-state index contributed by atoms with van der Waals surface area (Å²) in [6, 6.07) is 14.0. The van der Waals surface area contributed by atoms with Crippen molar-refractivity contribution in [2.45, 2.75) is 6.92 Å². The number of rotatable bonds is 5. The van der Waals surface area contributed by atoms with Crippen LogP contribution in [0.3, 0.4) is 0 Å². The zero-order valence-electron chi connectivity index (χ0n) is 14.9. The average Bonchev–Trinajstić information content (AvgIpc) is 2.67. The Kier molecular flexibility index (Phi) is 5.52. The van der Waals surface area contributed by atoms with Crippen molar-refractivity contribution >= 4 is 40.9 Å². The van der Waals surface area contributed by atoms with E-state index in [4.69, 9.17) is 21.7 Å². The monoisotopic (exact) mass is 382 g/mol. The van der Waals surface area contributed by atoms with Gasteiger partial charge in [0, 0.05) is 0 Å². The van der Waals surface area contributed by atoms with Crippen LogP contribution in [0.15, 0.2) is 54.1 Å². The van der Waals surface area contributed by atoms with E-state index < -0.39 is 11.8 Å². The Morgan fingerprint density at radius 3 is 2.26 bits per heavy atom. The van der Waals surface area contributed by atoms with Crippen molar-refractivity contribution < 1.29 is 19.1 Å². The molecule has 0 atom stereocenters. The molecular formula is C20H18N2O4S. The minimum absolute atomic E-state index is 0.00246. The molecule has 7 heteroatoms. The molecule has 2 amide bonds. The molecule has 0 saturated carbocycles. The van der Waals surface area contributed by atoms with Gasteiger partial charge in [-0.1, -0.05) is 12.1 Å². The van der Waals surface area contributed by atoms with Crippen molar-refractivity contribution in [3.8, 4) is 11.5 Å². The standard InChI is InChI=1S/C20H18N2O4S/c1-3-26-16-10-6-14(7-11-16)22-19(24)17(18(23)21-20(22)27)12-13-4-8-15(25-2)9-5-13/h4-12H,3H2,1-2H3,(H,21,23,27). The molecule has 2 aromatic carbocycles. The van der Waals surface area contributed by atoms with E-state index in [0.29, 0.717) is 29.4 Å². The van der Waals surface area contributed by atoms with Gasteiger partial charge in [0.1, 0.15) is 17.1 Å². The second-order valence-electron chi connectivity index (χ2n) is 5.66. The molecular weight excluding hydrogens is 364 g/mol. The van der Waals surface area contributed by atoms with Crippen LogP contribution in [0.2, 0.25) is 0 Å². The largest absolute Gasteiger partial charge is 0.497 e. The van der Waals surface area contributed by atoms with E-state index in [-0.39, 0.29) is 10.7 Å². The van der Waals surface area contributed by atoms with Crippen LogP contribution < -0.4 is 19.7 Å². The van der Waals surface area contributed by atoms with Crippen molar-refractivity contribution in [1.29, 1.82) is 0 Å². The van der Waals surface area contributed by atoms with Crippen LogP contribution in [0.1, 0.15) is 12.5 Å². The summed E-state index contributed by atoms with van der Waals surface area (Å²) >= 11 is 5.20. The number of hydrogen-bond acceptors (Lipinski definition) is 5. The lowest BCUT2D eigenvalue weighted by atomic mass is 10.1. The third-order valence-corrected chi connectivity index (χ3v) is 4.22. The molecule has 0 aliphatic carbocycles. The minimum Gasteiger partial charge on any atom is -0.497 e. The molecule has 1 saturated heterocycles. The summed E-state index contributed by atoms with van der Waals surface area (Å²) in [5, 5.41) is 2.61. The lowest BCUT2D eigenvalue weighted by molar-refractivity contribution is -0.122. The van der Waals surface area contributed by atoms with Gasteiger partial charge >= 0.3 is 0 Å². The first-order chi connectivity index (χ1) is 13.0. The van der Waals surface area contributed by atoms with Crippen LogP contribution in [-0.2, 0) is 9.59 Å². The fourth-order valence-electron chi connectivity index (χ4n) is 2.62. The molecule has 6 nitrogen and oxygen atoms in total. The molecule has 1 N–H and O–H groups in total. The fourth-order valence-corrected chi connectivity index (χ4v) is 2.90. The van der Waals surface area contributed by atoms with E-state index >= 15 is 0 Å². The van der Waals surface area contributed by atoms with E-state index in [9.17, 15) is 9.59 Å². The summed E-state index contributed by atoms with van der Waals surface area (Å²) in [4.78, 5) is 26.5. The normalized spacial score (nSPS) is 15.7. The van der Waals surface area contributed by atoms with Crippen LogP contribution in [0.25, 0.3) is 6.08 Å². The molecule has 0 unspecified atom stereocenters. The number of hydrogen-bond donors (Lipinski definition) is 1. The predicted octanol–water partition coefficient (Wildman–Crippen LogP) is 2.93. The van der Waals surface area contributed by atoms with Crippen molar-refractivity contribution in [1.82, 2.24) is 5.32 Å². The number of carbonyl (C=O) groups is 2. The third-order valence-electron chi connectivity index (χ3n) is 3.93. The number of nitrogens with one attached hydrogen (secondary N) is 1. The number of methoxy groups -OCH3 is 1. The van der Waals surface area contributed by atoms with Crippen LogP contribution in [0, 0.1) is 0 Å². The van der Waals surface area contributed by atoms with E-state index in [1.807, 2.05) is 6.92 Å². The number of nitrogens with zero attached hydrogens (tertiary/aromatic N) is 1. The second-order valence-corrected chi connectivity index (χ2v) is 6.04. The molecule has 3 rings (SSSR count). The highest BCUT2D eigenvalue weighted by molar-refractivity contribution is 7.80. The Balaban J connectivity index is 1.91. The highest BCUT2D eigenvalue weighted by Crippen LogP contribution is 2.24. The SMILES string of the molecule is CCOc1ccc(N2C(=O)C(=Cc3ccc(OC)cc3)C(=O)NC2=S)cc1. The van der Waals surface area contributed by atoms with Gasteiger partial charge in [0.05, 0.1) is 19.4 Å². The zero-order valence-corrected chi connectivity index (χ0v) is 15.7. The molecule has 1 fully saturated rings. The van der Waals surface area contributed by atoms with Crippen molar-refractivity contribution in [2.24, 2.45) is 0 Å². The van der Waals surface area contributed by atoms with Gasteiger partial charge < -0.3 is 9.47 Å². The van der Waals surface area contributed by atoms with Crippen molar-refractivity contribution in [3.05, 3.63) is 59.7 Å². The van der Waals surface area contributed by atoms with E-state index in [1.54, 1.807) is 55.6 Å². The third kappa shape index (κ3) is 3.98. The minimum atomic E-state index is -0.525. The predicted molar refractivity (Wildman–Crippen MR) is 107 cm³/mol. The molecule has 0 bridgehead atoms. The molecule has 0 aromatic heterocycles. The average molecular weight is 382 g/mol. The van der Waals surface area contributed by atoms with Gasteiger partial charge in [-0.25, -0.2) is 0 Å². The molecule has 27 heavy (non-hydrogen) atoms. The van der Waals surface area contributed by atoms with E-state index in [2.05, 4.69) is 5.32 Å². The molecule has 1 aliphatic heterocycles. The Morgan fingerprint density at radius 2 is 1.67 bits per heavy atom. The van der Waals surface area contributed by atoms with Gasteiger partial charge in [0.2, 0.25) is 0 Å². The second kappa shape index (κ2) is 8.01. The summed E-state index contributed by atoms with van der Waals surface area (Å²) in [6.45, 7) is 2.44. The summed E-state index contributed by atoms with van der Waals surface area (Å²) in [5.74, 6) is 0.371. The smallest absolute Gasteiger partial charge is 0.270 e. The van der Waals surface area contributed by atoms with Gasteiger partial charge in [-0.15, -0.1) is 0 Å². The first-order valence-electron chi connectivity index (χ1n) is 8.32. The maximum Gasteiger partial charge on any atom is 0.270 e. The summed E-state index contributed by atoms with van der Waals surface area (Å²) in [5.41, 5.74) is 1.26. The van der Waals surface area contributed by atoms with Crippen LogP contribution in [0.5, 0.6) is 11.5 Å². The highest BCUT2D eigenvalue weighted by atomic mass is 32.1. The highest BCUT2D eigenvalue weighted by Gasteiger charge is 2.34. The lowest BCUT2D eigenvalue weighted by Crippen LogP contribution is -2.54. The zero-order chi connectivity index (χ0) is 19.4. The van der Waals surface area contributed by atoms with E-state index in [1.165, 1.54) is 11.0 Å². The van der Waals surface area contributed by atoms with Gasteiger partial charge in [-0.3, -0.25) is 19.8 Å². The number of carbonyl (C=O) groups excluding carboxylic acids is 2. The van der Waals surface area contributed by atoms with Gasteiger partial charge in [-0.2, -0.15) is 0 Å². The lowest BCUT2D eigenvalue weighted by Gasteiger charge is -2.29. The molecule has 1 aliphatic rings. The number of anilines is 1.